The van der Waals surface area contributed by atoms with Crippen molar-refractivity contribution in [2.75, 3.05) is 33.2 Å². The number of hydrogen-bond donors (Lipinski definition) is 1. The van der Waals surface area contributed by atoms with E-state index in [4.69, 9.17) is 0 Å². The lowest BCUT2D eigenvalue weighted by molar-refractivity contribution is 0.0875. The van der Waals surface area contributed by atoms with Gasteiger partial charge in [-0.2, -0.15) is 0 Å². The van der Waals surface area contributed by atoms with E-state index in [0.717, 1.165) is 25.7 Å². The summed E-state index contributed by atoms with van der Waals surface area (Å²) in [4.78, 5) is 2.27. The van der Waals surface area contributed by atoms with Crippen LogP contribution >= 0.6 is 0 Å². The summed E-state index contributed by atoms with van der Waals surface area (Å²) in [6.07, 6.45) is 5.03. The molecular formula is C13H30N2O2S. The van der Waals surface area contributed by atoms with Gasteiger partial charge in [0.25, 0.3) is 0 Å². The maximum absolute atomic E-state index is 11.2. The zero-order chi connectivity index (χ0) is 14.4. The molecule has 0 aliphatic heterocycles. The van der Waals surface area contributed by atoms with Gasteiger partial charge in [-0.15, -0.1) is 0 Å². The van der Waals surface area contributed by atoms with Crippen molar-refractivity contribution in [3.63, 3.8) is 0 Å². The molecule has 0 spiro atoms. The maximum atomic E-state index is 11.2. The molecule has 0 fully saturated rings. The van der Waals surface area contributed by atoms with Crippen LogP contribution in [0.2, 0.25) is 0 Å². The molecule has 1 atom stereocenters. The summed E-state index contributed by atoms with van der Waals surface area (Å²) in [5, 5.41) is 3.38. The molecule has 0 heterocycles. The Bertz CT molecular complexity index is 322. The van der Waals surface area contributed by atoms with Crippen LogP contribution in [0.3, 0.4) is 0 Å². The van der Waals surface area contributed by atoms with E-state index in [9.17, 15) is 8.42 Å². The lowest BCUT2D eigenvalue weighted by Crippen LogP contribution is -2.57. The highest BCUT2D eigenvalue weighted by Gasteiger charge is 2.36. The van der Waals surface area contributed by atoms with E-state index in [2.05, 4.69) is 38.2 Å². The molecule has 5 heteroatoms. The smallest absolute Gasteiger partial charge is 0.147 e. The molecule has 1 N–H and O–H groups in total. The third kappa shape index (κ3) is 4.86. The van der Waals surface area contributed by atoms with E-state index in [-0.39, 0.29) is 11.3 Å². The highest BCUT2D eigenvalue weighted by Crippen LogP contribution is 2.28. The molecule has 0 saturated heterocycles. The molecule has 4 nitrogen and oxygen atoms in total. The van der Waals surface area contributed by atoms with Gasteiger partial charge in [0.1, 0.15) is 9.84 Å². The fourth-order valence-electron chi connectivity index (χ4n) is 2.92. The molecule has 110 valence electrons. The van der Waals surface area contributed by atoms with Crippen LogP contribution in [0.1, 0.15) is 39.5 Å². The van der Waals surface area contributed by atoms with Crippen LogP contribution in [-0.2, 0) is 9.84 Å². The van der Waals surface area contributed by atoms with Crippen molar-refractivity contribution < 1.29 is 8.42 Å². The molecule has 0 radical (unpaired) electrons. The first kappa shape index (κ1) is 17.9. The average molecular weight is 278 g/mol. The zero-order valence-corrected chi connectivity index (χ0v) is 13.6. The minimum absolute atomic E-state index is 0.103. The predicted octanol–water partition coefficient (Wildman–Crippen LogP) is 1.52. The van der Waals surface area contributed by atoms with Crippen LogP contribution in [0.4, 0.5) is 0 Å². The van der Waals surface area contributed by atoms with Gasteiger partial charge in [0.15, 0.2) is 0 Å². The second-order valence-electron chi connectivity index (χ2n) is 5.32. The third-order valence-electron chi connectivity index (χ3n) is 4.12. The number of hydrogen-bond acceptors (Lipinski definition) is 4. The summed E-state index contributed by atoms with van der Waals surface area (Å²) >= 11 is 0. The molecule has 1 unspecified atom stereocenters. The number of sulfone groups is 1. The quantitative estimate of drug-likeness (QED) is 0.695. The minimum Gasteiger partial charge on any atom is -0.315 e. The van der Waals surface area contributed by atoms with Crippen LogP contribution in [0.15, 0.2) is 0 Å². The van der Waals surface area contributed by atoms with Gasteiger partial charge in [0.05, 0.1) is 0 Å². The molecule has 0 aromatic rings. The summed E-state index contributed by atoms with van der Waals surface area (Å²) in [6, 6.07) is 0.323. The first-order valence-corrected chi connectivity index (χ1v) is 8.82. The number of nitrogens with zero attached hydrogens (tertiary/aromatic N) is 1. The Hall–Kier alpha value is -0.130. The van der Waals surface area contributed by atoms with Gasteiger partial charge in [0, 0.05) is 23.6 Å². The van der Waals surface area contributed by atoms with Crippen molar-refractivity contribution in [2.45, 2.75) is 51.1 Å². The molecule has 0 saturated carbocycles. The van der Waals surface area contributed by atoms with Gasteiger partial charge in [-0.1, -0.05) is 13.8 Å². The van der Waals surface area contributed by atoms with E-state index >= 15 is 0 Å². The summed E-state index contributed by atoms with van der Waals surface area (Å²) < 4.78 is 22.4. The highest BCUT2D eigenvalue weighted by atomic mass is 32.2. The highest BCUT2D eigenvalue weighted by molar-refractivity contribution is 7.90. The normalized spacial score (nSPS) is 15.1. The molecule has 0 rings (SSSR count). The lowest BCUT2D eigenvalue weighted by Gasteiger charge is -2.45. The van der Waals surface area contributed by atoms with Crippen LogP contribution < -0.4 is 5.32 Å². The first-order chi connectivity index (χ1) is 8.23. The van der Waals surface area contributed by atoms with Crippen LogP contribution in [0.25, 0.3) is 0 Å². The number of nitrogens with one attached hydrogen (secondary N) is 1. The summed E-state index contributed by atoms with van der Waals surface area (Å²) in [5.74, 6) is 0.280. The fraction of sp³-hybridized carbons (Fsp3) is 1.00. The number of rotatable bonds is 9. The summed E-state index contributed by atoms with van der Waals surface area (Å²) in [5.41, 5.74) is 0.103. The van der Waals surface area contributed by atoms with Crippen molar-refractivity contribution in [1.29, 1.82) is 0 Å². The Kier molecular flexibility index (Phi) is 7.40. The van der Waals surface area contributed by atoms with Gasteiger partial charge in [-0.05, 0) is 46.8 Å². The van der Waals surface area contributed by atoms with Gasteiger partial charge < -0.3 is 10.2 Å². The van der Waals surface area contributed by atoms with Crippen molar-refractivity contribution >= 4 is 9.84 Å². The fourth-order valence-corrected chi connectivity index (χ4v) is 3.61. The second-order valence-corrected chi connectivity index (χ2v) is 7.58. The SMILES string of the molecule is CCC(CC)(C(CCCS(C)(=O)=O)NC)N(C)C. The van der Waals surface area contributed by atoms with E-state index < -0.39 is 9.84 Å². The van der Waals surface area contributed by atoms with Gasteiger partial charge in [0.2, 0.25) is 0 Å². The topological polar surface area (TPSA) is 49.4 Å². The maximum Gasteiger partial charge on any atom is 0.147 e. The second kappa shape index (κ2) is 7.46. The molecule has 18 heavy (non-hydrogen) atoms. The van der Waals surface area contributed by atoms with E-state index in [1.54, 1.807) is 0 Å². The molecule has 0 aromatic carbocycles. The Labute approximate surface area is 113 Å². The Morgan fingerprint density at radius 1 is 1.22 bits per heavy atom. The summed E-state index contributed by atoms with van der Waals surface area (Å²) in [7, 11) is 3.33. The van der Waals surface area contributed by atoms with Crippen molar-refractivity contribution in [2.24, 2.45) is 0 Å². The molecule has 0 aromatic heterocycles. The standard InChI is InChI=1S/C13H30N2O2S/c1-7-13(8-2,15(4)5)12(14-3)10-9-11-18(6,16)17/h12,14H,7-11H2,1-6H3. The van der Waals surface area contributed by atoms with E-state index in [0.29, 0.717) is 6.04 Å². The van der Waals surface area contributed by atoms with E-state index in [1.807, 2.05) is 7.05 Å². The molecule has 0 amide bonds. The summed E-state index contributed by atoms with van der Waals surface area (Å²) in [6.45, 7) is 4.40. The minimum atomic E-state index is -2.85. The van der Waals surface area contributed by atoms with Crippen LogP contribution in [0.5, 0.6) is 0 Å². The van der Waals surface area contributed by atoms with Gasteiger partial charge in [-0.3, -0.25) is 0 Å². The average Bonchev–Trinajstić information content (AvgIpc) is 2.26. The Balaban J connectivity index is 4.72. The van der Waals surface area contributed by atoms with E-state index in [1.165, 1.54) is 6.26 Å². The third-order valence-corrected chi connectivity index (χ3v) is 5.15. The zero-order valence-electron chi connectivity index (χ0n) is 12.8. The van der Waals surface area contributed by atoms with Gasteiger partial charge in [-0.25, -0.2) is 8.42 Å². The molecule has 0 aliphatic rings. The van der Waals surface area contributed by atoms with Crippen LogP contribution in [0, 0.1) is 0 Å². The Morgan fingerprint density at radius 2 is 1.72 bits per heavy atom. The predicted molar refractivity (Wildman–Crippen MR) is 78.8 cm³/mol. The molecular weight excluding hydrogens is 248 g/mol. The van der Waals surface area contributed by atoms with Crippen molar-refractivity contribution in [3.05, 3.63) is 0 Å². The molecule has 0 aliphatic carbocycles. The monoisotopic (exact) mass is 278 g/mol. The lowest BCUT2D eigenvalue weighted by atomic mass is 9.81. The largest absolute Gasteiger partial charge is 0.315 e. The Morgan fingerprint density at radius 3 is 2.00 bits per heavy atom. The van der Waals surface area contributed by atoms with Crippen LogP contribution in [-0.4, -0.2) is 58.1 Å². The molecule has 0 bridgehead atoms. The van der Waals surface area contributed by atoms with Crippen molar-refractivity contribution in [3.8, 4) is 0 Å². The first-order valence-electron chi connectivity index (χ1n) is 6.76. The van der Waals surface area contributed by atoms with Crippen molar-refractivity contribution in [1.82, 2.24) is 10.2 Å². The van der Waals surface area contributed by atoms with Gasteiger partial charge >= 0.3 is 0 Å². The number of likely N-dealkylation sites (N-methyl/N-ethyl adjacent to an activating group) is 2.